The quantitative estimate of drug-likeness (QED) is 0.314. The lowest BCUT2D eigenvalue weighted by Crippen LogP contribution is -2.43. The van der Waals surface area contributed by atoms with Gasteiger partial charge in [0.1, 0.15) is 11.3 Å². The van der Waals surface area contributed by atoms with Gasteiger partial charge in [0.05, 0.1) is 0 Å². The number of carbonyl (C=O) groups is 1. The minimum absolute atomic E-state index is 0.0516. The van der Waals surface area contributed by atoms with Gasteiger partial charge in [0, 0.05) is 23.7 Å². The van der Waals surface area contributed by atoms with Gasteiger partial charge in [-0.15, -0.1) is 0 Å². The third-order valence-corrected chi connectivity index (χ3v) is 5.23. The molecule has 0 unspecified atom stereocenters. The van der Waals surface area contributed by atoms with Crippen LogP contribution in [0, 0.1) is 13.8 Å². The predicted octanol–water partition coefficient (Wildman–Crippen LogP) is 4.80. The average Bonchev–Trinajstić information content (AvgIpc) is 3.02. The van der Waals surface area contributed by atoms with E-state index in [4.69, 9.17) is 0 Å². The van der Waals surface area contributed by atoms with Gasteiger partial charge in [-0.25, -0.2) is 0 Å². The number of hydrogen-bond donors (Lipinski definition) is 1. The van der Waals surface area contributed by atoms with E-state index in [1.54, 1.807) is 18.5 Å². The molecule has 4 heteroatoms. The Labute approximate surface area is 170 Å². The average molecular weight is 383 g/mol. The maximum Gasteiger partial charge on any atom is 0.286 e. The van der Waals surface area contributed by atoms with Crippen molar-refractivity contribution in [3.63, 3.8) is 0 Å². The van der Waals surface area contributed by atoms with Gasteiger partial charge in [0.15, 0.2) is 11.5 Å². The molecule has 0 fully saturated rings. The Bertz CT molecular complexity index is 1170. The van der Waals surface area contributed by atoms with Gasteiger partial charge < -0.3 is 5.11 Å². The highest BCUT2D eigenvalue weighted by molar-refractivity contribution is 6.17. The number of aromatic nitrogens is 2. The molecule has 3 aromatic rings. The van der Waals surface area contributed by atoms with Gasteiger partial charge in [-0.2, -0.15) is 0 Å². The number of aliphatic hydroxyl groups is 1. The summed E-state index contributed by atoms with van der Waals surface area (Å²) < 4.78 is 1.66. The highest BCUT2D eigenvalue weighted by atomic mass is 16.3. The Hall–Kier alpha value is -3.53. The van der Waals surface area contributed by atoms with E-state index in [0.717, 1.165) is 39.2 Å². The molecule has 0 saturated carbocycles. The molecule has 1 aliphatic rings. The fourth-order valence-electron chi connectivity index (χ4n) is 4.00. The van der Waals surface area contributed by atoms with E-state index < -0.39 is 0 Å². The number of fused-ring (bicyclic) bond motifs is 3. The van der Waals surface area contributed by atoms with Crippen molar-refractivity contribution in [1.82, 2.24) is 5.10 Å². The van der Waals surface area contributed by atoms with E-state index in [-0.39, 0.29) is 11.5 Å². The van der Waals surface area contributed by atoms with Crippen molar-refractivity contribution >= 4 is 17.1 Å². The Morgan fingerprint density at radius 1 is 0.828 bits per heavy atom. The van der Waals surface area contributed by atoms with Crippen LogP contribution in [0.25, 0.3) is 22.4 Å². The molecule has 0 atom stereocenters. The molecule has 29 heavy (non-hydrogen) atoms. The van der Waals surface area contributed by atoms with Crippen LogP contribution in [0.15, 0.2) is 72.0 Å². The minimum Gasteiger partial charge on any atom is -0.506 e. The first-order chi connectivity index (χ1) is 13.9. The van der Waals surface area contributed by atoms with Crippen molar-refractivity contribution in [1.29, 1.82) is 0 Å². The van der Waals surface area contributed by atoms with Gasteiger partial charge in [-0.1, -0.05) is 48.5 Å². The van der Waals surface area contributed by atoms with Crippen molar-refractivity contribution in [3.05, 3.63) is 94.5 Å². The second-order valence-corrected chi connectivity index (χ2v) is 7.36. The van der Waals surface area contributed by atoms with Gasteiger partial charge in [0.2, 0.25) is 5.69 Å². The molecule has 1 heterocycles. The van der Waals surface area contributed by atoms with Gasteiger partial charge >= 0.3 is 0 Å². The van der Waals surface area contributed by atoms with E-state index in [1.165, 1.54) is 0 Å². The zero-order valence-electron chi connectivity index (χ0n) is 17.0. The molecule has 144 valence electrons. The van der Waals surface area contributed by atoms with Crippen molar-refractivity contribution in [3.8, 4) is 11.1 Å². The largest absolute Gasteiger partial charge is 0.506 e. The molecule has 0 saturated heterocycles. The van der Waals surface area contributed by atoms with Gasteiger partial charge in [-0.3, -0.25) is 4.79 Å². The molecule has 0 radical (unpaired) electrons. The maximum absolute atomic E-state index is 13.0. The molecule has 4 rings (SSSR count). The van der Waals surface area contributed by atoms with Crippen LogP contribution in [-0.4, -0.2) is 16.0 Å². The van der Waals surface area contributed by atoms with E-state index in [0.29, 0.717) is 11.3 Å². The van der Waals surface area contributed by atoms with Crippen molar-refractivity contribution in [2.75, 3.05) is 0 Å². The summed E-state index contributed by atoms with van der Waals surface area (Å²) in [5, 5.41) is 15.3. The number of aliphatic hydroxyl groups excluding tert-OH is 1. The summed E-state index contributed by atoms with van der Waals surface area (Å²) >= 11 is 0. The number of nitrogens with zero attached hydrogens (tertiary/aromatic N) is 2. The van der Waals surface area contributed by atoms with E-state index in [1.807, 2.05) is 62.4 Å². The number of carbonyl (C=O) groups excluding carboxylic acids is 1. The number of aryl methyl sites for hydroxylation is 2. The van der Waals surface area contributed by atoms with Crippen molar-refractivity contribution in [2.24, 2.45) is 0 Å². The SMILES string of the molecule is CC(=O)C(=C1c2ccccc2-c2ccccc21)/C(=C(/C)O)[n+]1nc(C)ccc1C. The molecule has 1 aliphatic carbocycles. The normalized spacial score (nSPS) is 12.9. The zero-order valence-corrected chi connectivity index (χ0v) is 17.0. The maximum atomic E-state index is 13.0. The van der Waals surface area contributed by atoms with Crippen LogP contribution in [0.3, 0.4) is 0 Å². The molecular weight excluding hydrogens is 360 g/mol. The molecule has 0 aliphatic heterocycles. The smallest absolute Gasteiger partial charge is 0.286 e. The van der Waals surface area contributed by atoms with Crippen LogP contribution in [0.2, 0.25) is 0 Å². The highest BCUT2D eigenvalue weighted by Crippen LogP contribution is 2.46. The van der Waals surface area contributed by atoms with E-state index in [9.17, 15) is 9.90 Å². The van der Waals surface area contributed by atoms with Crippen molar-refractivity contribution in [2.45, 2.75) is 27.7 Å². The summed E-state index contributed by atoms with van der Waals surface area (Å²) in [7, 11) is 0. The van der Waals surface area contributed by atoms with Crippen LogP contribution in [0.4, 0.5) is 0 Å². The number of ketones is 1. The summed E-state index contributed by atoms with van der Waals surface area (Å²) in [6.07, 6.45) is 0. The zero-order chi connectivity index (χ0) is 20.7. The lowest BCUT2D eigenvalue weighted by atomic mass is 9.93. The predicted molar refractivity (Wildman–Crippen MR) is 114 cm³/mol. The Balaban J connectivity index is 2.14. The third kappa shape index (κ3) is 3.07. The highest BCUT2D eigenvalue weighted by Gasteiger charge is 2.35. The van der Waals surface area contributed by atoms with E-state index in [2.05, 4.69) is 17.2 Å². The summed E-state index contributed by atoms with van der Waals surface area (Å²) in [5.41, 5.74) is 7.51. The van der Waals surface area contributed by atoms with Crippen LogP contribution in [0.1, 0.15) is 36.4 Å². The second kappa shape index (κ2) is 7.13. The molecule has 0 bridgehead atoms. The lowest BCUT2D eigenvalue weighted by molar-refractivity contribution is -0.652. The van der Waals surface area contributed by atoms with Gasteiger partial charge in [0.25, 0.3) is 5.70 Å². The molecular formula is C25H23N2O2+. The van der Waals surface area contributed by atoms with Crippen LogP contribution in [-0.2, 0) is 4.79 Å². The topological polar surface area (TPSA) is 54.1 Å². The molecule has 4 nitrogen and oxygen atoms in total. The summed E-state index contributed by atoms with van der Waals surface area (Å²) in [4.78, 5) is 13.0. The fraction of sp³-hybridized carbons (Fsp3) is 0.160. The lowest BCUT2D eigenvalue weighted by Gasteiger charge is -2.12. The Morgan fingerprint density at radius 3 is 1.83 bits per heavy atom. The number of benzene rings is 2. The van der Waals surface area contributed by atoms with Crippen molar-refractivity contribution < 1.29 is 14.6 Å². The number of hydrogen-bond acceptors (Lipinski definition) is 3. The third-order valence-electron chi connectivity index (χ3n) is 5.23. The minimum atomic E-state index is -0.120. The first-order valence-electron chi connectivity index (χ1n) is 9.61. The fourth-order valence-corrected chi connectivity index (χ4v) is 4.00. The first kappa shape index (κ1) is 18.8. The number of Topliss-reactive ketones (excluding diaryl/α,β-unsaturated/α-hetero) is 1. The van der Waals surface area contributed by atoms with Crippen LogP contribution >= 0.6 is 0 Å². The summed E-state index contributed by atoms with van der Waals surface area (Å²) in [6.45, 7) is 6.94. The molecule has 0 amide bonds. The van der Waals surface area contributed by atoms with E-state index >= 15 is 0 Å². The number of rotatable bonds is 3. The molecule has 0 spiro atoms. The Kier molecular flexibility index (Phi) is 4.63. The molecule has 1 N–H and O–H groups in total. The first-order valence-corrected chi connectivity index (χ1v) is 9.61. The summed E-state index contributed by atoms with van der Waals surface area (Å²) in [5.74, 6) is -0.0686. The molecule has 2 aromatic carbocycles. The monoisotopic (exact) mass is 383 g/mol. The standard InChI is InChI=1S/C25H22N2O2/c1-15-13-14-16(2)27(26-15)25(18(4)29)23(17(3)28)24-21-11-7-5-9-19(21)20-10-6-8-12-22(20)24/h5-14H,1-4H3/p+1. The van der Waals surface area contributed by atoms with Crippen LogP contribution < -0.4 is 4.68 Å². The summed E-state index contributed by atoms with van der Waals surface area (Å²) in [6, 6.07) is 20.0. The number of allylic oxidation sites excluding steroid dienone is 3. The van der Waals surface area contributed by atoms with Crippen LogP contribution in [0.5, 0.6) is 0 Å². The molecule has 1 aromatic heterocycles. The second-order valence-electron chi connectivity index (χ2n) is 7.36. The van der Waals surface area contributed by atoms with Gasteiger partial charge in [-0.05, 0) is 53.8 Å². The Morgan fingerprint density at radius 2 is 1.34 bits per heavy atom.